The maximum absolute atomic E-state index is 12.7. The van der Waals surface area contributed by atoms with Crippen molar-refractivity contribution in [3.8, 4) is 0 Å². The van der Waals surface area contributed by atoms with Crippen LogP contribution in [0.15, 0.2) is 16.8 Å². The van der Waals surface area contributed by atoms with Crippen molar-refractivity contribution < 1.29 is 14.3 Å². The Labute approximate surface area is 170 Å². The van der Waals surface area contributed by atoms with Crippen LogP contribution in [0.2, 0.25) is 0 Å². The molecule has 1 aliphatic rings. The van der Waals surface area contributed by atoms with Gasteiger partial charge in [0.05, 0.1) is 13.0 Å². The van der Waals surface area contributed by atoms with Gasteiger partial charge in [-0.3, -0.25) is 9.59 Å². The molecular weight excluding hydrogens is 382 g/mol. The van der Waals surface area contributed by atoms with E-state index in [1.165, 1.54) is 17.5 Å². The lowest BCUT2D eigenvalue weighted by Crippen LogP contribution is -2.49. The molecule has 0 aromatic carbocycles. The molecule has 1 aromatic rings. The number of nitrogens with one attached hydrogen (secondary N) is 1. The van der Waals surface area contributed by atoms with Crippen molar-refractivity contribution in [2.45, 2.75) is 51.2 Å². The third-order valence-electron chi connectivity index (χ3n) is 5.11. The maximum atomic E-state index is 12.7. The molecule has 1 aromatic heterocycles. The highest BCUT2D eigenvalue weighted by Gasteiger charge is 2.29. The van der Waals surface area contributed by atoms with Gasteiger partial charge in [0.15, 0.2) is 0 Å². The summed E-state index contributed by atoms with van der Waals surface area (Å²) in [5.41, 5.74) is 1.21. The zero-order chi connectivity index (χ0) is 19.5. The van der Waals surface area contributed by atoms with Crippen LogP contribution in [0.4, 0.5) is 0 Å². The van der Waals surface area contributed by atoms with Crippen LogP contribution >= 0.6 is 23.3 Å². The lowest BCUT2D eigenvalue weighted by atomic mass is 10.00. The van der Waals surface area contributed by atoms with Gasteiger partial charge in [0.2, 0.25) is 12.3 Å². The summed E-state index contributed by atoms with van der Waals surface area (Å²) in [6.07, 6.45) is 4.23. The topological polar surface area (TPSA) is 61.9 Å². The number of thiophene rings is 1. The SMILES string of the molecule is COCCC(=O)N(Cc1ccsc1)C1CCN(C(C)CCSNC=O)CC1. The first-order chi connectivity index (χ1) is 13.2. The standard InChI is InChI=1S/C19H31N3O3S2/c1-16(6-12-27-20-15-23)21-8-3-18(4-9-21)22(19(24)5-10-25-2)13-17-7-11-26-14-17/h7,11,14-16,18H,3-6,8-10,12-13H2,1-2H3,(H,20,23). The summed E-state index contributed by atoms with van der Waals surface area (Å²) in [4.78, 5) is 27.6. The number of rotatable bonds is 12. The highest BCUT2D eigenvalue weighted by molar-refractivity contribution is 7.97. The minimum absolute atomic E-state index is 0.186. The third kappa shape index (κ3) is 7.44. The van der Waals surface area contributed by atoms with Crippen LogP contribution in [-0.4, -0.2) is 66.8 Å². The van der Waals surface area contributed by atoms with Crippen molar-refractivity contribution in [2.75, 3.05) is 32.6 Å². The zero-order valence-electron chi connectivity index (χ0n) is 16.3. The van der Waals surface area contributed by atoms with Gasteiger partial charge in [0, 0.05) is 44.6 Å². The zero-order valence-corrected chi connectivity index (χ0v) is 17.9. The summed E-state index contributed by atoms with van der Waals surface area (Å²) in [5.74, 6) is 1.10. The second-order valence-electron chi connectivity index (χ2n) is 6.89. The molecule has 1 fully saturated rings. The summed E-state index contributed by atoms with van der Waals surface area (Å²) in [6, 6.07) is 2.88. The number of carbonyl (C=O) groups is 2. The monoisotopic (exact) mass is 413 g/mol. The van der Waals surface area contributed by atoms with Crippen LogP contribution in [-0.2, 0) is 20.9 Å². The molecule has 2 rings (SSSR count). The molecule has 27 heavy (non-hydrogen) atoms. The molecule has 8 heteroatoms. The molecule has 1 unspecified atom stereocenters. The van der Waals surface area contributed by atoms with E-state index < -0.39 is 0 Å². The van der Waals surface area contributed by atoms with Gasteiger partial charge < -0.3 is 19.3 Å². The number of hydrogen-bond donors (Lipinski definition) is 1. The Kier molecular flexibility index (Phi) is 10.2. The van der Waals surface area contributed by atoms with Gasteiger partial charge in [0.1, 0.15) is 0 Å². The molecule has 0 radical (unpaired) electrons. The fraction of sp³-hybridized carbons (Fsp3) is 0.684. The van der Waals surface area contributed by atoms with E-state index in [0.29, 0.717) is 31.7 Å². The number of piperidine rings is 1. The summed E-state index contributed by atoms with van der Waals surface area (Å²) < 4.78 is 7.75. The lowest BCUT2D eigenvalue weighted by molar-refractivity contribution is -0.136. The summed E-state index contributed by atoms with van der Waals surface area (Å²) in [7, 11) is 1.64. The van der Waals surface area contributed by atoms with E-state index in [1.807, 2.05) is 0 Å². The smallest absolute Gasteiger partial charge is 0.225 e. The fourth-order valence-electron chi connectivity index (χ4n) is 3.48. The lowest BCUT2D eigenvalue weighted by Gasteiger charge is -2.41. The van der Waals surface area contributed by atoms with Gasteiger partial charge in [-0.15, -0.1) is 0 Å². The van der Waals surface area contributed by atoms with Crippen molar-refractivity contribution in [2.24, 2.45) is 0 Å². The van der Waals surface area contributed by atoms with E-state index in [0.717, 1.165) is 44.5 Å². The Balaban J connectivity index is 1.86. The van der Waals surface area contributed by atoms with E-state index in [1.54, 1.807) is 18.4 Å². The van der Waals surface area contributed by atoms with Crippen LogP contribution in [0.3, 0.4) is 0 Å². The highest BCUT2D eigenvalue weighted by Crippen LogP contribution is 2.23. The molecule has 2 heterocycles. The van der Waals surface area contributed by atoms with Crippen molar-refractivity contribution in [1.82, 2.24) is 14.5 Å². The largest absolute Gasteiger partial charge is 0.384 e. The first-order valence-corrected chi connectivity index (χ1v) is 11.4. The minimum Gasteiger partial charge on any atom is -0.384 e. The van der Waals surface area contributed by atoms with Crippen LogP contribution in [0, 0.1) is 0 Å². The Morgan fingerprint density at radius 3 is 2.93 bits per heavy atom. The van der Waals surface area contributed by atoms with Gasteiger partial charge in [0.25, 0.3) is 0 Å². The van der Waals surface area contributed by atoms with Crippen LogP contribution in [0.25, 0.3) is 0 Å². The van der Waals surface area contributed by atoms with Gasteiger partial charge in [-0.2, -0.15) is 11.3 Å². The first-order valence-electron chi connectivity index (χ1n) is 9.50. The van der Waals surface area contributed by atoms with Crippen molar-refractivity contribution in [1.29, 1.82) is 0 Å². The Morgan fingerprint density at radius 2 is 2.30 bits per heavy atom. The van der Waals surface area contributed by atoms with E-state index >= 15 is 0 Å². The molecule has 1 saturated heterocycles. The van der Waals surface area contributed by atoms with E-state index in [9.17, 15) is 9.59 Å². The molecule has 1 atom stereocenters. The van der Waals surface area contributed by atoms with E-state index in [2.05, 4.69) is 38.3 Å². The number of likely N-dealkylation sites (tertiary alicyclic amines) is 1. The average Bonchev–Trinajstić information content (AvgIpc) is 3.21. The molecule has 6 nitrogen and oxygen atoms in total. The number of amides is 2. The number of nitrogens with zero attached hydrogens (tertiary/aromatic N) is 2. The first kappa shape index (κ1) is 22.2. The fourth-order valence-corrected chi connectivity index (χ4v) is 4.78. The minimum atomic E-state index is 0.186. The summed E-state index contributed by atoms with van der Waals surface area (Å²) >= 11 is 3.13. The third-order valence-corrected chi connectivity index (χ3v) is 6.54. The van der Waals surface area contributed by atoms with Crippen molar-refractivity contribution in [3.63, 3.8) is 0 Å². The number of carbonyl (C=O) groups excluding carboxylic acids is 2. The predicted molar refractivity (Wildman–Crippen MR) is 112 cm³/mol. The Bertz CT molecular complexity index is 548. The molecule has 2 amide bonds. The Morgan fingerprint density at radius 1 is 1.52 bits per heavy atom. The molecular formula is C19H31N3O3S2. The number of methoxy groups -OCH3 is 1. The average molecular weight is 414 g/mol. The molecule has 1 aliphatic heterocycles. The van der Waals surface area contributed by atoms with Gasteiger partial charge in [-0.1, -0.05) is 11.9 Å². The van der Waals surface area contributed by atoms with Gasteiger partial charge in [-0.05, 0) is 48.6 Å². The second kappa shape index (κ2) is 12.4. The predicted octanol–water partition coefficient (Wildman–Crippen LogP) is 2.75. The number of ether oxygens (including phenoxy) is 1. The molecule has 1 N–H and O–H groups in total. The molecule has 152 valence electrons. The van der Waals surface area contributed by atoms with Crippen molar-refractivity contribution in [3.05, 3.63) is 22.4 Å². The normalized spacial score (nSPS) is 16.8. The maximum Gasteiger partial charge on any atom is 0.225 e. The quantitative estimate of drug-likeness (QED) is 0.324. The van der Waals surface area contributed by atoms with E-state index in [-0.39, 0.29) is 5.91 Å². The second-order valence-corrected chi connectivity index (χ2v) is 8.60. The highest BCUT2D eigenvalue weighted by atomic mass is 32.2. The molecule has 0 saturated carbocycles. The summed E-state index contributed by atoms with van der Waals surface area (Å²) in [5, 5.41) is 4.19. The number of hydrogen-bond acceptors (Lipinski definition) is 6. The van der Waals surface area contributed by atoms with Gasteiger partial charge >= 0.3 is 0 Å². The molecule has 0 bridgehead atoms. The molecule has 0 aliphatic carbocycles. The van der Waals surface area contributed by atoms with E-state index in [4.69, 9.17) is 4.74 Å². The van der Waals surface area contributed by atoms with Crippen LogP contribution < -0.4 is 4.72 Å². The summed E-state index contributed by atoms with van der Waals surface area (Å²) in [6.45, 7) is 5.43. The van der Waals surface area contributed by atoms with Crippen molar-refractivity contribution >= 4 is 35.6 Å². The molecule has 0 spiro atoms. The van der Waals surface area contributed by atoms with Crippen LogP contribution in [0.5, 0.6) is 0 Å². The van der Waals surface area contributed by atoms with Gasteiger partial charge in [-0.25, -0.2) is 0 Å². The Hall–Kier alpha value is -1.09. The van der Waals surface area contributed by atoms with Crippen LogP contribution in [0.1, 0.15) is 38.2 Å².